The summed E-state index contributed by atoms with van der Waals surface area (Å²) in [5, 5.41) is 9.34. The molecule has 1 fully saturated rings. The molecule has 108 valence electrons. The highest BCUT2D eigenvalue weighted by Crippen LogP contribution is 2.24. The van der Waals surface area contributed by atoms with Crippen molar-refractivity contribution < 1.29 is 0 Å². The minimum atomic E-state index is 0.118. The molecule has 0 radical (unpaired) electrons. The van der Waals surface area contributed by atoms with Crippen molar-refractivity contribution in [1.29, 1.82) is 5.26 Å². The number of piperidine rings is 1. The summed E-state index contributed by atoms with van der Waals surface area (Å²) >= 11 is 0. The fourth-order valence-corrected chi connectivity index (χ4v) is 3.15. The molecule has 0 spiro atoms. The molecule has 0 aromatic heterocycles. The first kappa shape index (κ1) is 15.1. The topological polar surface area (TPSA) is 27.0 Å². The molecule has 0 saturated carbocycles. The minimum Gasteiger partial charge on any atom is -0.288 e. The smallest absolute Gasteiger partial charge is 0.0980 e. The highest BCUT2D eigenvalue weighted by molar-refractivity contribution is 5.15. The third kappa shape index (κ3) is 4.35. The van der Waals surface area contributed by atoms with Gasteiger partial charge in [-0.3, -0.25) is 4.90 Å². The summed E-state index contributed by atoms with van der Waals surface area (Å²) < 4.78 is 0. The number of hydrogen-bond donors (Lipinski definition) is 0. The largest absolute Gasteiger partial charge is 0.288 e. The van der Waals surface area contributed by atoms with Crippen molar-refractivity contribution in [2.24, 2.45) is 11.8 Å². The van der Waals surface area contributed by atoms with Crippen LogP contribution in [0.3, 0.4) is 0 Å². The second-order valence-corrected chi connectivity index (χ2v) is 6.44. The van der Waals surface area contributed by atoms with E-state index in [2.05, 4.69) is 55.1 Å². The van der Waals surface area contributed by atoms with E-state index in [1.165, 1.54) is 24.8 Å². The van der Waals surface area contributed by atoms with Crippen molar-refractivity contribution >= 4 is 0 Å². The Morgan fingerprint density at radius 2 is 1.85 bits per heavy atom. The molecule has 0 amide bonds. The quantitative estimate of drug-likeness (QED) is 0.812. The van der Waals surface area contributed by atoms with Gasteiger partial charge >= 0.3 is 0 Å². The Morgan fingerprint density at radius 1 is 1.20 bits per heavy atom. The second-order valence-electron chi connectivity index (χ2n) is 6.44. The zero-order valence-electron chi connectivity index (χ0n) is 12.8. The summed E-state index contributed by atoms with van der Waals surface area (Å²) in [4.78, 5) is 2.39. The Kier molecular flexibility index (Phi) is 5.61. The van der Waals surface area contributed by atoms with Gasteiger partial charge in [-0.15, -0.1) is 0 Å². The summed E-state index contributed by atoms with van der Waals surface area (Å²) in [6.45, 7) is 6.57. The van der Waals surface area contributed by atoms with E-state index in [0.717, 1.165) is 25.4 Å². The number of nitriles is 1. The zero-order valence-corrected chi connectivity index (χ0v) is 12.8. The molecule has 1 aliphatic rings. The molecule has 1 aromatic carbocycles. The number of likely N-dealkylation sites (tertiary alicyclic amines) is 1. The van der Waals surface area contributed by atoms with E-state index in [1.54, 1.807) is 0 Å². The van der Waals surface area contributed by atoms with Gasteiger partial charge in [-0.1, -0.05) is 44.2 Å². The first-order chi connectivity index (χ1) is 9.69. The first-order valence-corrected chi connectivity index (χ1v) is 7.86. The standard InChI is InChI=1S/C18H26N2/c1-15(2)12-18(14-19)20-10-8-17(9-11-20)13-16-6-4-3-5-7-16/h3-7,15,17-18H,8-13H2,1-2H3. The van der Waals surface area contributed by atoms with Crippen LogP contribution < -0.4 is 0 Å². The van der Waals surface area contributed by atoms with Gasteiger partial charge < -0.3 is 0 Å². The summed E-state index contributed by atoms with van der Waals surface area (Å²) in [5.41, 5.74) is 1.45. The molecule has 0 aliphatic carbocycles. The number of benzene rings is 1. The van der Waals surface area contributed by atoms with Crippen LogP contribution in [0.25, 0.3) is 0 Å². The molecule has 0 N–H and O–H groups in total. The van der Waals surface area contributed by atoms with Crippen molar-refractivity contribution in [2.45, 2.75) is 45.6 Å². The zero-order chi connectivity index (χ0) is 14.4. The lowest BCUT2D eigenvalue weighted by molar-refractivity contribution is 0.145. The normalized spacial score (nSPS) is 18.9. The van der Waals surface area contributed by atoms with Gasteiger partial charge in [0.05, 0.1) is 12.1 Å². The van der Waals surface area contributed by atoms with Gasteiger partial charge in [0.15, 0.2) is 0 Å². The monoisotopic (exact) mass is 270 g/mol. The lowest BCUT2D eigenvalue weighted by Crippen LogP contribution is -2.41. The van der Waals surface area contributed by atoms with E-state index in [4.69, 9.17) is 0 Å². The van der Waals surface area contributed by atoms with Gasteiger partial charge in [0.2, 0.25) is 0 Å². The van der Waals surface area contributed by atoms with Crippen LogP contribution >= 0.6 is 0 Å². The summed E-state index contributed by atoms with van der Waals surface area (Å²) in [5.74, 6) is 1.38. The molecular weight excluding hydrogens is 244 g/mol. The van der Waals surface area contributed by atoms with Gasteiger partial charge in [0.1, 0.15) is 0 Å². The third-order valence-corrected chi connectivity index (χ3v) is 4.30. The van der Waals surface area contributed by atoms with Crippen LogP contribution in [0.4, 0.5) is 0 Å². The predicted octanol–water partition coefficient (Wildman–Crippen LogP) is 3.88. The van der Waals surface area contributed by atoms with E-state index >= 15 is 0 Å². The Hall–Kier alpha value is -1.33. The van der Waals surface area contributed by atoms with E-state index in [9.17, 15) is 5.26 Å². The minimum absolute atomic E-state index is 0.118. The number of rotatable bonds is 5. The fraction of sp³-hybridized carbons (Fsp3) is 0.611. The van der Waals surface area contributed by atoms with Crippen molar-refractivity contribution in [2.75, 3.05) is 13.1 Å². The van der Waals surface area contributed by atoms with Gasteiger partial charge in [0, 0.05) is 0 Å². The number of hydrogen-bond acceptors (Lipinski definition) is 2. The van der Waals surface area contributed by atoms with Gasteiger partial charge in [-0.25, -0.2) is 0 Å². The first-order valence-electron chi connectivity index (χ1n) is 7.86. The Bertz CT molecular complexity index is 424. The van der Waals surface area contributed by atoms with Crippen LogP contribution in [0.1, 0.15) is 38.7 Å². The molecule has 1 saturated heterocycles. The Balaban J connectivity index is 1.81. The summed E-state index contributed by atoms with van der Waals surface area (Å²) in [6.07, 6.45) is 4.65. The van der Waals surface area contributed by atoms with Crippen molar-refractivity contribution in [1.82, 2.24) is 4.90 Å². The number of nitrogens with zero attached hydrogens (tertiary/aromatic N) is 2. The molecule has 1 unspecified atom stereocenters. The van der Waals surface area contributed by atoms with Crippen molar-refractivity contribution in [3.63, 3.8) is 0 Å². The molecule has 1 heterocycles. The van der Waals surface area contributed by atoms with Crippen LogP contribution in [0.5, 0.6) is 0 Å². The van der Waals surface area contributed by atoms with Crippen LogP contribution in [0.2, 0.25) is 0 Å². The maximum atomic E-state index is 9.34. The maximum Gasteiger partial charge on any atom is 0.0980 e. The van der Waals surface area contributed by atoms with Crippen molar-refractivity contribution in [3.05, 3.63) is 35.9 Å². The average Bonchev–Trinajstić information content (AvgIpc) is 2.46. The Morgan fingerprint density at radius 3 is 2.40 bits per heavy atom. The van der Waals surface area contributed by atoms with Gasteiger partial charge in [-0.05, 0) is 56.2 Å². The van der Waals surface area contributed by atoms with Crippen LogP contribution in [0.15, 0.2) is 30.3 Å². The SMILES string of the molecule is CC(C)CC(C#N)N1CCC(Cc2ccccc2)CC1. The molecule has 1 aromatic rings. The molecule has 20 heavy (non-hydrogen) atoms. The maximum absolute atomic E-state index is 9.34. The van der Waals surface area contributed by atoms with Crippen LogP contribution in [0, 0.1) is 23.2 Å². The molecule has 1 atom stereocenters. The van der Waals surface area contributed by atoms with Gasteiger partial charge in [-0.2, -0.15) is 5.26 Å². The lowest BCUT2D eigenvalue weighted by atomic mass is 9.89. The van der Waals surface area contributed by atoms with E-state index in [1.807, 2.05) is 0 Å². The van der Waals surface area contributed by atoms with Crippen LogP contribution in [-0.2, 0) is 6.42 Å². The molecule has 1 aliphatic heterocycles. The molecule has 2 nitrogen and oxygen atoms in total. The lowest BCUT2D eigenvalue weighted by Gasteiger charge is -2.35. The Labute approximate surface area is 123 Å². The molecular formula is C18H26N2. The highest BCUT2D eigenvalue weighted by atomic mass is 15.2. The average molecular weight is 270 g/mol. The summed E-state index contributed by atoms with van der Waals surface area (Å²) in [6, 6.07) is 13.4. The fourth-order valence-electron chi connectivity index (χ4n) is 3.15. The van der Waals surface area contributed by atoms with Crippen LogP contribution in [-0.4, -0.2) is 24.0 Å². The molecule has 2 heteroatoms. The highest BCUT2D eigenvalue weighted by Gasteiger charge is 2.25. The van der Waals surface area contributed by atoms with Gasteiger partial charge in [0.25, 0.3) is 0 Å². The van der Waals surface area contributed by atoms with E-state index < -0.39 is 0 Å². The third-order valence-electron chi connectivity index (χ3n) is 4.30. The summed E-state index contributed by atoms with van der Waals surface area (Å²) in [7, 11) is 0. The van der Waals surface area contributed by atoms with E-state index in [0.29, 0.717) is 5.92 Å². The molecule has 0 bridgehead atoms. The van der Waals surface area contributed by atoms with E-state index in [-0.39, 0.29) is 6.04 Å². The predicted molar refractivity (Wildman–Crippen MR) is 83.3 cm³/mol. The van der Waals surface area contributed by atoms with Crippen molar-refractivity contribution in [3.8, 4) is 6.07 Å². The second kappa shape index (κ2) is 7.45. The molecule has 2 rings (SSSR count).